The van der Waals surface area contributed by atoms with Crippen molar-refractivity contribution >= 4 is 28.9 Å². The third-order valence-corrected chi connectivity index (χ3v) is 5.75. The largest absolute Gasteiger partial charge is 2.00 e. The topological polar surface area (TPSA) is 116 Å². The number of hydrogen-bond donors (Lipinski definition) is 1. The molecule has 2 saturated carbocycles. The average molecular weight is 679 g/mol. The number of allylic oxidation sites excluding steroid dienone is 2. The first kappa shape index (κ1) is 30.9. The van der Waals surface area contributed by atoms with Crippen molar-refractivity contribution in [3.8, 4) is 0 Å². The molecule has 2 N–H and O–H groups in total. The summed E-state index contributed by atoms with van der Waals surface area (Å²) in [6, 6.07) is 5.70. The second kappa shape index (κ2) is 15.2. The van der Waals surface area contributed by atoms with Gasteiger partial charge < -0.3 is 16.0 Å². The number of rotatable bonds is 8. The number of aryl methyl sites for hydroxylation is 1. The van der Waals surface area contributed by atoms with Crippen molar-refractivity contribution in [2.24, 2.45) is 20.9 Å². The Hall–Kier alpha value is -3.35. The van der Waals surface area contributed by atoms with Crippen LogP contribution < -0.4 is 5.32 Å². The molecule has 0 spiro atoms. The Morgan fingerprint density at radius 1 is 1.18 bits per heavy atom. The number of nitrogens with one attached hydrogen (secondary N) is 2. The molecule has 0 saturated heterocycles. The van der Waals surface area contributed by atoms with E-state index in [1.165, 1.54) is 6.08 Å². The monoisotopic (exact) mass is 679 g/mol. The first-order chi connectivity index (χ1) is 17.9. The van der Waals surface area contributed by atoms with Gasteiger partial charge in [-0.25, -0.2) is 4.99 Å². The van der Waals surface area contributed by atoms with Crippen molar-refractivity contribution in [2.45, 2.75) is 38.6 Å². The van der Waals surface area contributed by atoms with E-state index in [1.807, 2.05) is 19.1 Å². The van der Waals surface area contributed by atoms with Crippen LogP contribution in [0, 0.1) is 19.0 Å². The van der Waals surface area contributed by atoms with Crippen LogP contribution in [-0.4, -0.2) is 53.3 Å². The van der Waals surface area contributed by atoms with Gasteiger partial charge in [0.05, 0.1) is 11.9 Å². The molecule has 0 bridgehead atoms. The van der Waals surface area contributed by atoms with Gasteiger partial charge in [-0.3, -0.25) is 19.8 Å². The minimum absolute atomic E-state index is 0. The number of amides is 1. The van der Waals surface area contributed by atoms with Gasteiger partial charge in [0, 0.05) is 48.3 Å². The zero-order valence-corrected chi connectivity index (χ0v) is 25.0. The van der Waals surface area contributed by atoms with Crippen molar-refractivity contribution in [2.75, 3.05) is 19.4 Å². The number of amidine groups is 1. The molecule has 4 rings (SSSR count). The summed E-state index contributed by atoms with van der Waals surface area (Å²) in [4.78, 5) is 34.5. The minimum atomic E-state index is -0.277. The van der Waals surface area contributed by atoms with E-state index < -0.39 is 0 Å². The van der Waals surface area contributed by atoms with E-state index in [-0.39, 0.29) is 27.0 Å². The summed E-state index contributed by atoms with van der Waals surface area (Å²) in [7, 11) is 3.40. The minimum Gasteiger partial charge on any atom is -0.675 e. The Labute approximate surface area is 239 Å². The third-order valence-electron chi connectivity index (χ3n) is 5.75. The van der Waals surface area contributed by atoms with Gasteiger partial charge in [-0.15, -0.1) is 23.7 Å². The summed E-state index contributed by atoms with van der Waals surface area (Å²) >= 11 is 0. The van der Waals surface area contributed by atoms with Crippen LogP contribution in [0.1, 0.15) is 42.5 Å². The van der Waals surface area contributed by atoms with Gasteiger partial charge in [0.25, 0.3) is 5.91 Å². The number of aromatic nitrogens is 2. The number of carbonyl (C=O) groups is 1. The molecule has 2 heterocycles. The zero-order chi connectivity index (χ0) is 26.8. The molecule has 1 amide bonds. The van der Waals surface area contributed by atoms with Crippen LogP contribution in [0.2, 0.25) is 0 Å². The number of nitrogens with zero attached hydrogens (tertiary/aromatic N) is 5. The molecular weight excluding hydrogens is 646 g/mol. The number of pyridine rings is 2. The van der Waals surface area contributed by atoms with Crippen LogP contribution in [0.5, 0.6) is 0 Å². The Kier molecular flexibility index (Phi) is 12.3. The first-order valence-corrected chi connectivity index (χ1v) is 12.2. The van der Waals surface area contributed by atoms with Crippen LogP contribution >= 0.6 is 0 Å². The van der Waals surface area contributed by atoms with E-state index in [2.05, 4.69) is 49.6 Å². The quantitative estimate of drug-likeness (QED) is 0.133. The number of carbonyl (C=O) groups excluding carboxylic acids is 1. The molecule has 2 fully saturated rings. The Morgan fingerprint density at radius 2 is 1.89 bits per heavy atom. The molecular formula is C29H33N7OW. The third kappa shape index (κ3) is 9.19. The molecule has 9 heteroatoms. The maximum atomic E-state index is 12.9. The molecule has 2 aromatic rings. The van der Waals surface area contributed by atoms with Gasteiger partial charge in [0.2, 0.25) is 0 Å². The van der Waals surface area contributed by atoms with E-state index in [4.69, 9.17) is 5.73 Å². The molecule has 0 unspecified atom stereocenters. The normalized spacial score (nSPS) is 16.0. The van der Waals surface area contributed by atoms with E-state index in [0.29, 0.717) is 40.3 Å². The molecule has 196 valence electrons. The Balaban J connectivity index is 0.000000925. The van der Waals surface area contributed by atoms with Gasteiger partial charge in [0.1, 0.15) is 0 Å². The fraction of sp³-hybridized carbons (Fsp3) is 0.310. The predicted octanol–water partition coefficient (Wildman–Crippen LogP) is 5.37. The second-order valence-corrected chi connectivity index (χ2v) is 8.73. The van der Waals surface area contributed by atoms with Gasteiger partial charge in [-0.05, 0) is 31.9 Å². The average Bonchev–Trinajstić information content (AvgIpc) is 3.85. The van der Waals surface area contributed by atoms with Crippen molar-refractivity contribution in [3.63, 3.8) is 0 Å². The second-order valence-electron chi connectivity index (χ2n) is 8.73. The molecule has 2 aromatic heterocycles. The van der Waals surface area contributed by atoms with Crippen molar-refractivity contribution in [3.05, 3.63) is 96.3 Å². The smallest absolute Gasteiger partial charge is 0.675 e. The van der Waals surface area contributed by atoms with Crippen molar-refractivity contribution in [1.82, 2.24) is 9.97 Å². The Morgan fingerprint density at radius 3 is 2.39 bits per heavy atom. The van der Waals surface area contributed by atoms with Crippen LogP contribution in [-0.2, 0) is 25.9 Å². The maximum Gasteiger partial charge on any atom is 2.00 e. The molecule has 0 atom stereocenters. The summed E-state index contributed by atoms with van der Waals surface area (Å²) in [5, 5.41) is 2.89. The summed E-state index contributed by atoms with van der Waals surface area (Å²) in [5.74, 6) is 0.626. The number of aliphatic imine (C=N–C) groups is 3. The molecule has 8 nitrogen and oxygen atoms in total. The zero-order valence-electron chi connectivity index (χ0n) is 22.1. The SMILES string of the molecule is C=CC(=NC(=NC)c1cc(NC(=O)/C(C=C)=C/C(=NC)C2CC2)cnc1C)c1c[c-]ncc1.[NH-]C1CC1.[W+2]. The van der Waals surface area contributed by atoms with Gasteiger partial charge in [-0.2, -0.15) is 0 Å². The molecule has 38 heavy (non-hydrogen) atoms. The molecule has 0 aromatic carbocycles. The molecule has 0 radical (unpaired) electrons. The van der Waals surface area contributed by atoms with Crippen LogP contribution in [0.15, 0.2) is 82.5 Å². The van der Waals surface area contributed by atoms with Crippen molar-refractivity contribution in [1.29, 1.82) is 0 Å². The Bertz CT molecular complexity index is 1260. The fourth-order valence-electron chi connectivity index (χ4n) is 3.28. The van der Waals surface area contributed by atoms with Crippen LogP contribution in [0.25, 0.3) is 5.73 Å². The number of hydrogen-bond acceptors (Lipinski definition) is 5. The van der Waals surface area contributed by atoms with Crippen molar-refractivity contribution < 1.29 is 25.9 Å². The van der Waals surface area contributed by atoms with E-state index in [9.17, 15) is 4.79 Å². The van der Waals surface area contributed by atoms with Gasteiger partial charge in [-0.1, -0.05) is 50.5 Å². The van der Waals surface area contributed by atoms with E-state index in [0.717, 1.165) is 42.7 Å². The predicted molar refractivity (Wildman–Crippen MR) is 152 cm³/mol. The molecule has 2 aliphatic carbocycles. The van der Waals surface area contributed by atoms with Gasteiger partial charge >= 0.3 is 21.1 Å². The van der Waals surface area contributed by atoms with E-state index >= 15 is 0 Å². The fourth-order valence-corrected chi connectivity index (χ4v) is 3.28. The first-order valence-electron chi connectivity index (χ1n) is 12.2. The summed E-state index contributed by atoms with van der Waals surface area (Å²) in [6.45, 7) is 9.50. The molecule has 0 aliphatic heterocycles. The van der Waals surface area contributed by atoms with E-state index in [1.54, 1.807) is 44.7 Å². The standard InChI is InChI=1S/C26H27N6O.C3H6N.W/c1-6-18(14-24(27-4)19-8-9-19)26(33)31-21-15-22(17(3)30-16-21)25(28-5)32-23(7-2)20-10-12-29-13-11-20;4-3-1-2-3;/h6-7,10-12,14-16,19H,1-2,8-9H2,3-5H3,(H,31,33);3-4H,1-2H2;/q2*-1;+2/b18-14+,27-24?,28-25?,32-23?;;. The van der Waals surface area contributed by atoms with Crippen LogP contribution in [0.4, 0.5) is 5.69 Å². The summed E-state index contributed by atoms with van der Waals surface area (Å²) in [5.41, 5.74) is 11.5. The van der Waals surface area contributed by atoms with Gasteiger partial charge in [0.15, 0.2) is 5.84 Å². The molecule has 2 aliphatic rings. The maximum absolute atomic E-state index is 12.9. The van der Waals surface area contributed by atoms with Crippen LogP contribution in [0.3, 0.4) is 0 Å². The summed E-state index contributed by atoms with van der Waals surface area (Å²) in [6.07, 6.45) is 15.5. The summed E-state index contributed by atoms with van der Waals surface area (Å²) < 4.78 is 0. The number of anilines is 1.